The summed E-state index contributed by atoms with van der Waals surface area (Å²) < 4.78 is 19.0. The average Bonchev–Trinajstić information content (AvgIpc) is 2.95. The molecule has 2 rings (SSSR count). The lowest BCUT2D eigenvalue weighted by Crippen LogP contribution is -2.12. The van der Waals surface area contributed by atoms with Crippen LogP contribution in [0.1, 0.15) is 51.4 Å². The van der Waals surface area contributed by atoms with Gasteiger partial charge in [-0.3, -0.25) is 4.79 Å². The predicted molar refractivity (Wildman–Crippen MR) is 93.0 cm³/mol. The molecule has 0 saturated heterocycles. The van der Waals surface area contributed by atoms with E-state index in [0.29, 0.717) is 23.3 Å². The van der Waals surface area contributed by atoms with Gasteiger partial charge in [-0.25, -0.2) is 4.39 Å². The topological polar surface area (TPSA) is 46.5 Å². The van der Waals surface area contributed by atoms with Crippen molar-refractivity contribution in [1.82, 2.24) is 0 Å². The number of hydrogen-bond acceptors (Lipinski definition) is 2. The second-order valence-electron chi connectivity index (χ2n) is 6.28. The number of allylic oxidation sites excluding steroid dienone is 1. The summed E-state index contributed by atoms with van der Waals surface area (Å²) in [5.74, 6) is -0.254. The minimum absolute atomic E-state index is 0.259. The molecular formula is C19H24ClFO3. The Morgan fingerprint density at radius 2 is 2.04 bits per heavy atom. The van der Waals surface area contributed by atoms with Crippen molar-refractivity contribution in [2.75, 3.05) is 6.61 Å². The van der Waals surface area contributed by atoms with Crippen LogP contribution < -0.4 is 4.74 Å². The van der Waals surface area contributed by atoms with Crippen molar-refractivity contribution in [3.05, 3.63) is 40.7 Å². The van der Waals surface area contributed by atoms with E-state index >= 15 is 0 Å². The smallest absolute Gasteiger partial charge is 0.303 e. The van der Waals surface area contributed by atoms with Crippen molar-refractivity contribution in [2.24, 2.45) is 5.92 Å². The van der Waals surface area contributed by atoms with Gasteiger partial charge in [0, 0.05) is 23.4 Å². The third kappa shape index (κ3) is 6.52. The Morgan fingerprint density at radius 1 is 1.25 bits per heavy atom. The maximum atomic E-state index is 13.3. The van der Waals surface area contributed by atoms with Gasteiger partial charge in [0.1, 0.15) is 11.6 Å². The summed E-state index contributed by atoms with van der Waals surface area (Å²) in [5, 5.41) is 8.95. The van der Waals surface area contributed by atoms with Gasteiger partial charge >= 0.3 is 5.97 Å². The van der Waals surface area contributed by atoms with Crippen LogP contribution in [0.3, 0.4) is 0 Å². The molecule has 0 heterocycles. The molecule has 0 aliphatic heterocycles. The summed E-state index contributed by atoms with van der Waals surface area (Å²) in [5.41, 5.74) is 1.41. The zero-order chi connectivity index (χ0) is 17.4. The lowest BCUT2D eigenvalue weighted by molar-refractivity contribution is -0.137. The maximum absolute atomic E-state index is 13.3. The lowest BCUT2D eigenvalue weighted by atomic mass is 9.97. The van der Waals surface area contributed by atoms with E-state index in [9.17, 15) is 9.18 Å². The van der Waals surface area contributed by atoms with Gasteiger partial charge in [0.2, 0.25) is 0 Å². The molecule has 0 amide bonds. The highest BCUT2D eigenvalue weighted by Crippen LogP contribution is 2.31. The Bertz CT molecular complexity index is 566. The third-order valence-electron chi connectivity index (χ3n) is 4.34. The van der Waals surface area contributed by atoms with Crippen LogP contribution in [-0.4, -0.2) is 17.7 Å². The first-order chi connectivity index (χ1) is 11.5. The molecule has 1 aromatic rings. The van der Waals surface area contributed by atoms with Gasteiger partial charge in [-0.05, 0) is 44.2 Å². The fraction of sp³-hybridized carbons (Fsp3) is 0.526. The van der Waals surface area contributed by atoms with Crippen LogP contribution >= 0.6 is 11.6 Å². The van der Waals surface area contributed by atoms with Crippen molar-refractivity contribution in [2.45, 2.75) is 51.4 Å². The normalized spacial score (nSPS) is 16.9. The highest BCUT2D eigenvalue weighted by Gasteiger charge is 2.19. The maximum Gasteiger partial charge on any atom is 0.303 e. The summed E-state index contributed by atoms with van der Waals surface area (Å²) in [6.45, 7) is 0.546. The van der Waals surface area contributed by atoms with E-state index in [4.69, 9.17) is 21.4 Å². The zero-order valence-corrected chi connectivity index (χ0v) is 14.5. The van der Waals surface area contributed by atoms with Crippen LogP contribution in [0.15, 0.2) is 29.8 Å². The quantitative estimate of drug-likeness (QED) is 0.438. The Labute approximate surface area is 147 Å². The lowest BCUT2D eigenvalue weighted by Gasteiger charge is -2.16. The number of carboxylic acid groups (broad SMARTS) is 1. The first-order valence-electron chi connectivity index (χ1n) is 8.54. The van der Waals surface area contributed by atoms with E-state index in [1.165, 1.54) is 17.7 Å². The highest BCUT2D eigenvalue weighted by atomic mass is 35.5. The third-order valence-corrected chi connectivity index (χ3v) is 4.56. The van der Waals surface area contributed by atoms with E-state index in [2.05, 4.69) is 6.08 Å². The molecule has 0 bridgehead atoms. The molecule has 5 heteroatoms. The van der Waals surface area contributed by atoms with Crippen LogP contribution in [-0.2, 0) is 4.79 Å². The molecule has 0 unspecified atom stereocenters. The molecule has 1 aliphatic rings. The molecule has 0 aromatic heterocycles. The zero-order valence-electron chi connectivity index (χ0n) is 13.8. The highest BCUT2D eigenvalue weighted by molar-refractivity contribution is 6.30. The van der Waals surface area contributed by atoms with Crippen LogP contribution in [0.25, 0.3) is 0 Å². The Balaban J connectivity index is 1.69. The summed E-state index contributed by atoms with van der Waals surface area (Å²) >= 11 is 5.84. The minimum Gasteiger partial charge on any atom is -0.493 e. The molecule has 0 spiro atoms. The van der Waals surface area contributed by atoms with Gasteiger partial charge in [-0.2, -0.15) is 0 Å². The van der Waals surface area contributed by atoms with Gasteiger partial charge < -0.3 is 9.84 Å². The number of halogens is 2. The summed E-state index contributed by atoms with van der Waals surface area (Å²) in [7, 11) is 0. The first kappa shape index (κ1) is 18.8. The SMILES string of the molecule is O=C(O)CCCCCCC1=CCC[C@@H]1COc1cc(F)cc(Cl)c1. The molecule has 132 valence electrons. The Morgan fingerprint density at radius 3 is 2.79 bits per heavy atom. The second-order valence-corrected chi connectivity index (χ2v) is 6.71. The van der Waals surface area contributed by atoms with Gasteiger partial charge in [-0.15, -0.1) is 0 Å². The molecule has 0 radical (unpaired) electrons. The fourth-order valence-electron chi connectivity index (χ4n) is 3.09. The first-order valence-corrected chi connectivity index (χ1v) is 8.92. The predicted octanol–water partition coefficient (Wildman–Crippen LogP) is 5.62. The van der Waals surface area contributed by atoms with Crippen molar-refractivity contribution in [3.8, 4) is 5.75 Å². The monoisotopic (exact) mass is 354 g/mol. The van der Waals surface area contributed by atoms with E-state index in [-0.39, 0.29) is 12.2 Å². The number of hydrogen-bond donors (Lipinski definition) is 1. The van der Waals surface area contributed by atoms with Crippen molar-refractivity contribution in [3.63, 3.8) is 0 Å². The number of unbranched alkanes of at least 4 members (excludes halogenated alkanes) is 3. The number of rotatable bonds is 10. The number of ether oxygens (including phenoxy) is 1. The molecule has 1 atom stereocenters. The Hall–Kier alpha value is -1.55. The standard InChI is InChI=1S/C19H24ClFO3/c20-16-10-17(21)12-18(11-16)24-13-15-8-5-7-14(15)6-3-1-2-4-9-19(22)23/h7,10-12,15H,1-6,8-9,13H2,(H,22,23)/t15-/m1/s1. The summed E-state index contributed by atoms with van der Waals surface area (Å²) in [4.78, 5) is 10.5. The number of carbonyl (C=O) groups is 1. The van der Waals surface area contributed by atoms with Crippen LogP contribution in [0.2, 0.25) is 5.02 Å². The number of aliphatic carboxylic acids is 1. The largest absolute Gasteiger partial charge is 0.493 e. The van der Waals surface area contributed by atoms with Crippen LogP contribution in [0.5, 0.6) is 5.75 Å². The van der Waals surface area contributed by atoms with Crippen molar-refractivity contribution in [1.29, 1.82) is 0 Å². The Kier molecular flexibility index (Phi) is 7.57. The fourth-order valence-corrected chi connectivity index (χ4v) is 3.30. The molecule has 3 nitrogen and oxygen atoms in total. The van der Waals surface area contributed by atoms with Gasteiger partial charge in [-0.1, -0.05) is 36.1 Å². The van der Waals surface area contributed by atoms with Gasteiger partial charge in [0.25, 0.3) is 0 Å². The summed E-state index contributed by atoms with van der Waals surface area (Å²) in [6.07, 6.45) is 9.54. The van der Waals surface area contributed by atoms with E-state index < -0.39 is 5.97 Å². The molecule has 1 N–H and O–H groups in total. The minimum atomic E-state index is -0.719. The molecule has 1 aromatic carbocycles. The van der Waals surface area contributed by atoms with Gasteiger partial charge in [0.05, 0.1) is 6.61 Å². The van der Waals surface area contributed by atoms with E-state index in [1.54, 1.807) is 6.07 Å². The van der Waals surface area contributed by atoms with E-state index in [1.807, 2.05) is 0 Å². The second kappa shape index (κ2) is 9.67. The molecule has 1 aliphatic carbocycles. The molecular weight excluding hydrogens is 331 g/mol. The van der Waals surface area contributed by atoms with E-state index in [0.717, 1.165) is 44.9 Å². The number of carboxylic acids is 1. The summed E-state index contributed by atoms with van der Waals surface area (Å²) in [6, 6.07) is 4.25. The van der Waals surface area contributed by atoms with Crippen LogP contribution in [0.4, 0.5) is 4.39 Å². The average molecular weight is 355 g/mol. The molecule has 0 saturated carbocycles. The van der Waals surface area contributed by atoms with Gasteiger partial charge in [0.15, 0.2) is 0 Å². The van der Waals surface area contributed by atoms with Crippen molar-refractivity contribution < 1.29 is 19.0 Å². The molecule has 0 fully saturated rings. The molecule has 24 heavy (non-hydrogen) atoms. The van der Waals surface area contributed by atoms with Crippen LogP contribution in [0, 0.1) is 11.7 Å². The number of benzene rings is 1. The van der Waals surface area contributed by atoms with Crippen molar-refractivity contribution >= 4 is 17.6 Å².